The van der Waals surface area contributed by atoms with Crippen molar-refractivity contribution in [2.24, 2.45) is 17.0 Å². The Hall–Kier alpha value is -1.40. The van der Waals surface area contributed by atoms with Crippen molar-refractivity contribution in [1.29, 1.82) is 0 Å². The van der Waals surface area contributed by atoms with Gasteiger partial charge in [0, 0.05) is 12.5 Å². The molecule has 1 saturated carbocycles. The fourth-order valence-electron chi connectivity index (χ4n) is 3.18. The maximum Gasteiger partial charge on any atom is 0.238 e. The summed E-state index contributed by atoms with van der Waals surface area (Å²) < 4.78 is 22.4. The molecule has 0 bridgehead atoms. The molecule has 3 N–H and O–H groups in total. The van der Waals surface area contributed by atoms with Crippen molar-refractivity contribution in [3.8, 4) is 0 Å². The first-order valence-corrected chi connectivity index (χ1v) is 9.82. The summed E-state index contributed by atoms with van der Waals surface area (Å²) in [5.41, 5.74) is 1.04. The summed E-state index contributed by atoms with van der Waals surface area (Å²) in [4.78, 5) is 12.2. The Morgan fingerprint density at radius 3 is 2.43 bits per heavy atom. The smallest absolute Gasteiger partial charge is 0.238 e. The summed E-state index contributed by atoms with van der Waals surface area (Å²) >= 11 is 0. The van der Waals surface area contributed by atoms with Crippen LogP contribution in [0.15, 0.2) is 29.2 Å². The lowest BCUT2D eigenvalue weighted by molar-refractivity contribution is -0.126. The lowest BCUT2D eigenvalue weighted by Gasteiger charge is -2.18. The van der Waals surface area contributed by atoms with E-state index in [9.17, 15) is 13.2 Å². The fraction of sp³-hybridized carbons (Fsp3) is 0.588. The standard InChI is InChI=1S/C17H26N2O3S/c1-13(15-6-2-3-7-15)17(20)19-12-4-5-14-8-10-16(11-9-14)23(18,21)22/h8-11,13,15H,2-7,12H2,1H3,(H,19,20)(H2,18,21,22). The van der Waals surface area contributed by atoms with Crippen molar-refractivity contribution in [3.63, 3.8) is 0 Å². The SMILES string of the molecule is CC(C(=O)NCCCc1ccc(S(N)(=O)=O)cc1)C1CCCC1. The molecular weight excluding hydrogens is 312 g/mol. The molecule has 6 heteroatoms. The van der Waals surface area contributed by atoms with E-state index in [0.717, 1.165) is 18.4 Å². The molecule has 0 aromatic heterocycles. The Balaban J connectivity index is 1.71. The molecule has 2 rings (SSSR count). The van der Waals surface area contributed by atoms with Crippen LogP contribution in [0.5, 0.6) is 0 Å². The number of hydrogen-bond donors (Lipinski definition) is 2. The zero-order valence-electron chi connectivity index (χ0n) is 13.6. The number of sulfonamides is 1. The van der Waals surface area contributed by atoms with E-state index in [0.29, 0.717) is 12.5 Å². The van der Waals surface area contributed by atoms with E-state index in [-0.39, 0.29) is 16.7 Å². The Labute approximate surface area is 138 Å². The van der Waals surface area contributed by atoms with Gasteiger partial charge in [-0.1, -0.05) is 31.9 Å². The predicted octanol–water partition coefficient (Wildman–Crippen LogP) is 2.21. The van der Waals surface area contributed by atoms with Gasteiger partial charge in [0.05, 0.1) is 4.90 Å². The predicted molar refractivity (Wildman–Crippen MR) is 90.3 cm³/mol. The summed E-state index contributed by atoms with van der Waals surface area (Å²) in [6.07, 6.45) is 6.46. The molecule has 0 heterocycles. The Kier molecular flexibility index (Phi) is 6.18. The van der Waals surface area contributed by atoms with Gasteiger partial charge in [0.1, 0.15) is 0 Å². The molecule has 1 aromatic carbocycles. The zero-order chi connectivity index (χ0) is 16.9. The molecule has 128 valence electrons. The van der Waals surface area contributed by atoms with Gasteiger partial charge >= 0.3 is 0 Å². The highest BCUT2D eigenvalue weighted by atomic mass is 32.2. The Morgan fingerprint density at radius 1 is 1.26 bits per heavy atom. The second-order valence-electron chi connectivity index (χ2n) is 6.42. The van der Waals surface area contributed by atoms with Crippen molar-refractivity contribution in [3.05, 3.63) is 29.8 Å². The van der Waals surface area contributed by atoms with Crippen LogP contribution in [-0.4, -0.2) is 20.9 Å². The van der Waals surface area contributed by atoms with Crippen LogP contribution >= 0.6 is 0 Å². The van der Waals surface area contributed by atoms with E-state index in [1.54, 1.807) is 12.1 Å². The highest BCUT2D eigenvalue weighted by Crippen LogP contribution is 2.31. The van der Waals surface area contributed by atoms with Gasteiger partial charge in [0.2, 0.25) is 15.9 Å². The number of rotatable bonds is 7. The van der Waals surface area contributed by atoms with Gasteiger partial charge in [0.15, 0.2) is 0 Å². The second-order valence-corrected chi connectivity index (χ2v) is 7.98. The van der Waals surface area contributed by atoms with Crippen LogP contribution < -0.4 is 10.5 Å². The van der Waals surface area contributed by atoms with E-state index >= 15 is 0 Å². The number of carbonyl (C=O) groups is 1. The number of aryl methyl sites for hydroxylation is 1. The highest BCUT2D eigenvalue weighted by Gasteiger charge is 2.26. The lowest BCUT2D eigenvalue weighted by atomic mass is 9.92. The van der Waals surface area contributed by atoms with Crippen molar-refractivity contribution in [1.82, 2.24) is 5.32 Å². The third-order valence-corrected chi connectivity index (χ3v) is 5.64. The largest absolute Gasteiger partial charge is 0.356 e. The van der Waals surface area contributed by atoms with E-state index in [4.69, 9.17) is 5.14 Å². The number of primary sulfonamides is 1. The van der Waals surface area contributed by atoms with Crippen LogP contribution in [0.1, 0.15) is 44.6 Å². The molecule has 0 radical (unpaired) electrons. The molecule has 1 aromatic rings. The minimum Gasteiger partial charge on any atom is -0.356 e. The van der Waals surface area contributed by atoms with Gasteiger partial charge in [-0.2, -0.15) is 0 Å². The molecule has 1 atom stereocenters. The van der Waals surface area contributed by atoms with Gasteiger partial charge in [-0.15, -0.1) is 0 Å². The van der Waals surface area contributed by atoms with Crippen molar-refractivity contribution < 1.29 is 13.2 Å². The van der Waals surface area contributed by atoms with Gasteiger partial charge in [-0.05, 0) is 49.3 Å². The maximum atomic E-state index is 12.1. The van der Waals surface area contributed by atoms with E-state index in [1.807, 2.05) is 6.92 Å². The molecule has 23 heavy (non-hydrogen) atoms. The third-order valence-electron chi connectivity index (χ3n) is 4.71. The van der Waals surface area contributed by atoms with Crippen molar-refractivity contribution >= 4 is 15.9 Å². The van der Waals surface area contributed by atoms with Gasteiger partial charge in [0.25, 0.3) is 0 Å². The van der Waals surface area contributed by atoms with Crippen LogP contribution in [-0.2, 0) is 21.2 Å². The average Bonchev–Trinajstić information content (AvgIpc) is 3.04. The summed E-state index contributed by atoms with van der Waals surface area (Å²) in [5, 5.41) is 8.08. The number of nitrogens with two attached hydrogens (primary N) is 1. The molecule has 1 aliphatic carbocycles. The highest BCUT2D eigenvalue weighted by molar-refractivity contribution is 7.89. The number of nitrogens with one attached hydrogen (secondary N) is 1. The normalized spacial score (nSPS) is 17.1. The lowest BCUT2D eigenvalue weighted by Crippen LogP contribution is -2.33. The quantitative estimate of drug-likeness (QED) is 0.747. The molecule has 0 saturated heterocycles. The first-order valence-electron chi connectivity index (χ1n) is 8.27. The molecular formula is C17H26N2O3S. The number of carbonyl (C=O) groups excluding carboxylic acids is 1. The average molecular weight is 338 g/mol. The maximum absolute atomic E-state index is 12.1. The van der Waals surface area contributed by atoms with Crippen LogP contribution in [0.4, 0.5) is 0 Å². The van der Waals surface area contributed by atoms with Crippen molar-refractivity contribution in [2.75, 3.05) is 6.54 Å². The van der Waals surface area contributed by atoms with Crippen LogP contribution in [0.2, 0.25) is 0 Å². The van der Waals surface area contributed by atoms with E-state index in [2.05, 4.69) is 5.32 Å². The summed E-state index contributed by atoms with van der Waals surface area (Å²) in [6, 6.07) is 6.57. The van der Waals surface area contributed by atoms with Crippen LogP contribution in [0, 0.1) is 11.8 Å². The second kappa shape index (κ2) is 7.93. The molecule has 1 aliphatic rings. The molecule has 1 amide bonds. The topological polar surface area (TPSA) is 89.3 Å². The number of amides is 1. The minimum atomic E-state index is -3.63. The molecule has 0 aliphatic heterocycles. The first kappa shape index (κ1) is 17.9. The monoisotopic (exact) mass is 338 g/mol. The molecule has 0 spiro atoms. The van der Waals surface area contributed by atoms with Gasteiger partial charge < -0.3 is 5.32 Å². The van der Waals surface area contributed by atoms with Gasteiger partial charge in [-0.3, -0.25) is 4.79 Å². The summed E-state index contributed by atoms with van der Waals surface area (Å²) in [6.45, 7) is 2.67. The summed E-state index contributed by atoms with van der Waals surface area (Å²) in [7, 11) is -3.63. The number of benzene rings is 1. The molecule has 5 nitrogen and oxygen atoms in total. The van der Waals surface area contributed by atoms with E-state index in [1.165, 1.54) is 37.8 Å². The third kappa shape index (κ3) is 5.32. The minimum absolute atomic E-state index is 0.103. The Morgan fingerprint density at radius 2 is 1.87 bits per heavy atom. The molecule has 1 fully saturated rings. The Bertz CT molecular complexity index is 620. The van der Waals surface area contributed by atoms with Crippen LogP contribution in [0.25, 0.3) is 0 Å². The summed E-state index contributed by atoms with van der Waals surface area (Å²) in [5.74, 6) is 0.800. The van der Waals surface area contributed by atoms with Gasteiger partial charge in [-0.25, -0.2) is 13.6 Å². The van der Waals surface area contributed by atoms with Crippen LogP contribution in [0.3, 0.4) is 0 Å². The number of hydrogen-bond acceptors (Lipinski definition) is 3. The van der Waals surface area contributed by atoms with E-state index < -0.39 is 10.0 Å². The molecule has 1 unspecified atom stereocenters. The zero-order valence-corrected chi connectivity index (χ0v) is 14.4. The fourth-order valence-corrected chi connectivity index (χ4v) is 3.70. The first-order chi connectivity index (χ1) is 10.9. The van der Waals surface area contributed by atoms with Crippen molar-refractivity contribution in [2.45, 2.75) is 50.3 Å².